The van der Waals surface area contributed by atoms with Crippen LogP contribution in [-0.2, 0) is 57.1 Å². The summed E-state index contributed by atoms with van der Waals surface area (Å²) in [6.45, 7) is 0. The zero-order valence-corrected chi connectivity index (χ0v) is 41.9. The van der Waals surface area contributed by atoms with Crippen molar-refractivity contribution in [3.05, 3.63) is 146 Å². The number of sulfonamides is 2. The minimum atomic E-state index is -4.87. The molecule has 0 saturated carbocycles. The van der Waals surface area contributed by atoms with Crippen LogP contribution in [0.2, 0.25) is 0 Å². The van der Waals surface area contributed by atoms with Gasteiger partial charge in [-0.2, -0.15) is 16.8 Å². The van der Waals surface area contributed by atoms with Crippen LogP contribution in [0.5, 0.6) is 23.0 Å². The summed E-state index contributed by atoms with van der Waals surface area (Å²) in [5.74, 6) is -2.07. The summed E-state index contributed by atoms with van der Waals surface area (Å²) in [6.07, 6.45) is 0. The number of nitrogens with zero attached hydrogens (tertiary/aromatic N) is 4. The molecule has 0 bridgehead atoms. The van der Waals surface area contributed by atoms with E-state index in [0.29, 0.717) is 11.4 Å². The van der Waals surface area contributed by atoms with Crippen LogP contribution in [0, 0.1) is 0 Å². The van der Waals surface area contributed by atoms with Crippen LogP contribution in [0.1, 0.15) is 0 Å². The molecule has 1 radical (unpaired) electrons. The molecule has 8 aromatic carbocycles. The van der Waals surface area contributed by atoms with E-state index < -0.39 is 84.4 Å². The number of benzene rings is 8. The average Bonchev–Trinajstić information content (AvgIpc) is 3.34. The molecule has 27 heteroatoms. The number of azo groups is 2. The van der Waals surface area contributed by atoms with E-state index in [1.54, 1.807) is 24.3 Å². The number of anilines is 4. The molecule has 0 unspecified atom stereocenters. The van der Waals surface area contributed by atoms with Gasteiger partial charge < -0.3 is 31.1 Å². The molecule has 0 aliphatic carbocycles. The number of para-hydroxylation sites is 2. The van der Waals surface area contributed by atoms with Gasteiger partial charge in [0.25, 0.3) is 20.2 Å². The fraction of sp³-hybridized carbons (Fsp3) is 0.0435. The molecule has 0 amide bonds. The normalized spacial score (nSPS) is 12.1. The largest absolute Gasteiger partial charge is 0.506 e. The zero-order valence-electron chi connectivity index (χ0n) is 37.6. The molecule has 0 fully saturated rings. The van der Waals surface area contributed by atoms with Crippen LogP contribution in [-0.4, -0.2) is 77.3 Å². The summed E-state index contributed by atoms with van der Waals surface area (Å²) < 4.78 is 120. The van der Waals surface area contributed by atoms with Crippen molar-refractivity contribution in [2.24, 2.45) is 20.5 Å². The number of hydrogen-bond acceptors (Lipinski definition) is 18. The van der Waals surface area contributed by atoms with Crippen LogP contribution in [0.4, 0.5) is 45.5 Å². The summed E-state index contributed by atoms with van der Waals surface area (Å²) >= 11 is 0. The minimum absolute atomic E-state index is 0. The molecule has 0 aliphatic heterocycles. The van der Waals surface area contributed by atoms with Crippen molar-refractivity contribution in [1.29, 1.82) is 0 Å². The van der Waals surface area contributed by atoms with Gasteiger partial charge in [-0.05, 0) is 134 Å². The molecule has 0 aliphatic rings. The first-order valence-electron chi connectivity index (χ1n) is 20.5. The maximum atomic E-state index is 12.1. The summed E-state index contributed by atoms with van der Waals surface area (Å²) in [5, 5.41) is 64.0. The summed E-state index contributed by atoms with van der Waals surface area (Å²) in [4.78, 5) is -1.92. The molecule has 8 aromatic rings. The number of aromatic hydroxyl groups is 4. The fourth-order valence-corrected chi connectivity index (χ4v) is 9.58. The van der Waals surface area contributed by atoms with Crippen molar-refractivity contribution >= 4 is 107 Å². The molecule has 0 heterocycles. The van der Waals surface area contributed by atoms with E-state index in [0.717, 1.165) is 59.9 Å². The predicted molar refractivity (Wildman–Crippen MR) is 267 cm³/mol. The van der Waals surface area contributed by atoms with Gasteiger partial charge in [-0.15, -0.1) is 20.5 Å². The zero-order chi connectivity index (χ0) is 52.2. The Hall–Kier alpha value is -7.57. The Labute approximate surface area is 427 Å². The van der Waals surface area contributed by atoms with E-state index in [2.05, 4.69) is 40.5 Å². The molecule has 10 N–H and O–H groups in total. The smallest absolute Gasteiger partial charge is 0.296 e. The number of fused-ring (bicyclic) bond motifs is 2. The third kappa shape index (κ3) is 12.7. The third-order valence-corrected chi connectivity index (χ3v) is 14.9. The topological polar surface area (TPSA) is 355 Å². The van der Waals surface area contributed by atoms with Crippen molar-refractivity contribution < 1.29 is 80.0 Å². The molecule has 381 valence electrons. The Balaban J connectivity index is 0.000000235. The monoisotopic (exact) mass is 1120 g/mol. The Morgan fingerprint density at radius 3 is 1.10 bits per heavy atom. The maximum absolute atomic E-state index is 12.1. The van der Waals surface area contributed by atoms with Gasteiger partial charge >= 0.3 is 0 Å². The Bertz CT molecular complexity index is 3680. The van der Waals surface area contributed by atoms with Gasteiger partial charge in [0, 0.05) is 50.3 Å². The van der Waals surface area contributed by atoms with Gasteiger partial charge in [0.2, 0.25) is 20.0 Å². The molecular formula is C46H40CoN8O14S4. The van der Waals surface area contributed by atoms with Crippen LogP contribution < -0.4 is 20.1 Å². The molecule has 0 aromatic heterocycles. The SMILES string of the molecule is CNS(=O)(=O)c1ccc(O)c(N=Nc2c(S(=O)(=O)O)cc3cc(Nc4ccccc4)ccc3c2O)c1.CNS(=O)(=O)c1ccc(O)c(N=Nc2c(S(=O)(=O)O)cc3cc(Nc4ccccc4)ccc3c2O)c1.[Co]. The first-order chi connectivity index (χ1) is 34.0. The van der Waals surface area contributed by atoms with Gasteiger partial charge in [-0.3, -0.25) is 9.11 Å². The molecular weight excluding hydrogens is 1080 g/mol. The van der Waals surface area contributed by atoms with Gasteiger partial charge in [0.15, 0.2) is 11.5 Å². The molecule has 0 atom stereocenters. The Kier molecular flexibility index (Phi) is 16.5. The van der Waals surface area contributed by atoms with Crippen molar-refractivity contribution in [3.8, 4) is 23.0 Å². The number of phenolic OH excluding ortho intramolecular Hbond substituents is 4. The van der Waals surface area contributed by atoms with E-state index in [1.165, 1.54) is 26.2 Å². The maximum Gasteiger partial charge on any atom is 0.296 e. The first-order valence-corrected chi connectivity index (χ1v) is 26.4. The third-order valence-electron chi connectivity index (χ3n) is 10.3. The van der Waals surface area contributed by atoms with Gasteiger partial charge in [0.05, 0.1) is 9.79 Å². The van der Waals surface area contributed by atoms with Crippen LogP contribution in [0.3, 0.4) is 0 Å². The van der Waals surface area contributed by atoms with Gasteiger partial charge in [-0.1, -0.05) is 36.4 Å². The average molecular weight is 1120 g/mol. The summed E-state index contributed by atoms with van der Waals surface area (Å²) in [7, 11) is -15.1. The Morgan fingerprint density at radius 1 is 0.411 bits per heavy atom. The second kappa shape index (κ2) is 22.0. The van der Waals surface area contributed by atoms with E-state index in [-0.39, 0.29) is 59.5 Å². The minimum Gasteiger partial charge on any atom is -0.506 e. The fourth-order valence-electron chi connectivity index (χ4n) is 6.77. The van der Waals surface area contributed by atoms with Crippen molar-refractivity contribution in [2.75, 3.05) is 24.7 Å². The van der Waals surface area contributed by atoms with Crippen molar-refractivity contribution in [3.63, 3.8) is 0 Å². The summed E-state index contributed by atoms with van der Waals surface area (Å²) in [6, 6.07) is 36.6. The standard InChI is InChI=1S/2C23H20N4O7S2.Co/c2*1-24-35(30,31)17-8-10-20(28)19(13-17)26-27-22-21(36(32,33)34)12-14-11-16(7-9-18(14)23(22)29)25-15-5-3-2-4-6-15;/h2*2-13,24-25,28-29H,1H3,(H,32,33,34);. The van der Waals surface area contributed by atoms with Crippen molar-refractivity contribution in [1.82, 2.24) is 9.44 Å². The molecule has 8 rings (SSSR count). The second-order valence-electron chi connectivity index (χ2n) is 15.1. The van der Waals surface area contributed by atoms with E-state index in [9.17, 15) is 63.2 Å². The quantitative estimate of drug-likeness (QED) is 0.0358. The number of rotatable bonds is 14. The van der Waals surface area contributed by atoms with Crippen LogP contribution >= 0.6 is 0 Å². The Morgan fingerprint density at radius 2 is 0.767 bits per heavy atom. The molecule has 0 saturated heterocycles. The van der Waals surface area contributed by atoms with Gasteiger partial charge in [-0.25, -0.2) is 26.3 Å². The van der Waals surface area contributed by atoms with Crippen LogP contribution in [0.25, 0.3) is 21.5 Å². The predicted octanol–water partition coefficient (Wildman–Crippen LogP) is 9.13. The number of phenols is 4. The van der Waals surface area contributed by atoms with E-state index >= 15 is 0 Å². The van der Waals surface area contributed by atoms with E-state index in [4.69, 9.17) is 0 Å². The number of nitrogens with one attached hydrogen (secondary N) is 4. The van der Waals surface area contributed by atoms with Crippen LogP contribution in [0.15, 0.2) is 186 Å². The van der Waals surface area contributed by atoms with E-state index in [1.807, 2.05) is 60.7 Å². The molecule has 73 heavy (non-hydrogen) atoms. The van der Waals surface area contributed by atoms with Gasteiger partial charge in [0.1, 0.15) is 44.0 Å². The second-order valence-corrected chi connectivity index (χ2v) is 21.6. The molecule has 22 nitrogen and oxygen atoms in total. The first kappa shape index (κ1) is 54.8. The van der Waals surface area contributed by atoms with Crippen molar-refractivity contribution in [2.45, 2.75) is 19.6 Å². The molecule has 0 spiro atoms. The summed E-state index contributed by atoms with van der Waals surface area (Å²) in [5.41, 5.74) is 0.953. The number of hydrogen-bond donors (Lipinski definition) is 10.